The molecule has 208 valence electrons. The van der Waals surface area contributed by atoms with Crippen LogP contribution in [0.15, 0.2) is 48.5 Å². The summed E-state index contributed by atoms with van der Waals surface area (Å²) in [5.41, 5.74) is 1.71. The number of carboxylic acids is 1. The van der Waals surface area contributed by atoms with Crippen LogP contribution >= 0.6 is 0 Å². The Labute approximate surface area is 224 Å². The summed E-state index contributed by atoms with van der Waals surface area (Å²) in [4.78, 5) is 26.0. The van der Waals surface area contributed by atoms with E-state index in [1.807, 2.05) is 12.1 Å². The summed E-state index contributed by atoms with van der Waals surface area (Å²) in [6.07, 6.45) is 4.85. The molecule has 1 atom stereocenters. The zero-order valence-electron chi connectivity index (χ0n) is 22.1. The fourth-order valence-corrected chi connectivity index (χ4v) is 4.40. The molecule has 0 aromatic heterocycles. The first-order valence-corrected chi connectivity index (χ1v) is 13.4. The minimum atomic E-state index is -0.986. The lowest BCUT2D eigenvalue weighted by atomic mass is 9.96. The molecule has 8 nitrogen and oxygen atoms in total. The van der Waals surface area contributed by atoms with Gasteiger partial charge in [-0.2, -0.15) is 0 Å². The van der Waals surface area contributed by atoms with E-state index in [0.29, 0.717) is 45.3 Å². The zero-order chi connectivity index (χ0) is 27.2. The summed E-state index contributed by atoms with van der Waals surface area (Å²) in [7, 11) is 0. The Bertz CT molecular complexity index is 980. The van der Waals surface area contributed by atoms with Gasteiger partial charge in [0.05, 0.1) is 19.8 Å². The highest BCUT2D eigenvalue weighted by atomic mass is 19.1. The number of carbonyl (C=O) groups is 2. The number of benzene rings is 2. The molecule has 1 unspecified atom stereocenters. The molecule has 0 bridgehead atoms. The average molecular weight is 531 g/mol. The van der Waals surface area contributed by atoms with Crippen molar-refractivity contribution in [1.29, 1.82) is 0 Å². The highest BCUT2D eigenvalue weighted by Crippen LogP contribution is 2.18. The number of carbonyl (C=O) groups excluding carboxylic acids is 1. The van der Waals surface area contributed by atoms with E-state index in [9.17, 15) is 19.1 Å². The number of rotatable bonds is 15. The lowest BCUT2D eigenvalue weighted by Crippen LogP contribution is -2.47. The first-order valence-electron chi connectivity index (χ1n) is 13.4. The minimum absolute atomic E-state index is 0.128. The number of hydrogen-bond acceptors (Lipinski definition) is 5. The predicted octanol–water partition coefficient (Wildman–Crippen LogP) is 4.80. The number of amides is 2. The van der Waals surface area contributed by atoms with Crippen molar-refractivity contribution in [2.45, 2.75) is 64.2 Å². The highest BCUT2D eigenvalue weighted by molar-refractivity contribution is 5.74. The van der Waals surface area contributed by atoms with Gasteiger partial charge < -0.3 is 29.5 Å². The van der Waals surface area contributed by atoms with Gasteiger partial charge in [0.25, 0.3) is 0 Å². The van der Waals surface area contributed by atoms with Crippen molar-refractivity contribution in [2.24, 2.45) is 0 Å². The maximum atomic E-state index is 13.1. The maximum absolute atomic E-state index is 13.1. The molecule has 2 amide bonds. The van der Waals surface area contributed by atoms with Crippen molar-refractivity contribution in [1.82, 2.24) is 10.2 Å². The molecular weight excluding hydrogens is 491 g/mol. The molecule has 0 radical (unpaired) electrons. The van der Waals surface area contributed by atoms with Gasteiger partial charge in [-0.05, 0) is 55.2 Å². The summed E-state index contributed by atoms with van der Waals surface area (Å²) in [5, 5.41) is 12.4. The van der Waals surface area contributed by atoms with Crippen LogP contribution in [0.3, 0.4) is 0 Å². The summed E-state index contributed by atoms with van der Waals surface area (Å²) >= 11 is 0. The van der Waals surface area contributed by atoms with Gasteiger partial charge >= 0.3 is 12.0 Å². The second-order valence-electron chi connectivity index (χ2n) is 9.43. The third kappa shape index (κ3) is 10.3. The standard InChI is InChI=1S/C29H39FN2O6/c1-2-37-27(28(33)34)20-22-10-14-26(15-11-22)38-19-17-32(29(35)31-25-6-4-3-5-7-25)16-18-36-21-23-8-12-24(30)13-9-23/h8-15,25,27H,2-7,16-21H2,1H3,(H,31,35)(H,33,34). The molecule has 2 N–H and O–H groups in total. The van der Waals surface area contributed by atoms with Gasteiger partial charge in [0.1, 0.15) is 18.2 Å². The zero-order valence-corrected chi connectivity index (χ0v) is 22.1. The van der Waals surface area contributed by atoms with Gasteiger partial charge in [0.15, 0.2) is 6.10 Å². The Kier molecular flexibility index (Phi) is 12.3. The summed E-state index contributed by atoms with van der Waals surface area (Å²) in [6, 6.07) is 13.4. The molecule has 0 spiro atoms. The molecule has 3 rings (SSSR count). The monoisotopic (exact) mass is 530 g/mol. The second kappa shape index (κ2) is 15.9. The lowest BCUT2D eigenvalue weighted by molar-refractivity contribution is -0.149. The maximum Gasteiger partial charge on any atom is 0.333 e. The van der Waals surface area contributed by atoms with Crippen LogP contribution in [0.1, 0.15) is 50.2 Å². The molecule has 2 aromatic rings. The number of nitrogens with one attached hydrogen (secondary N) is 1. The third-order valence-corrected chi connectivity index (χ3v) is 6.53. The molecular formula is C29H39FN2O6. The summed E-state index contributed by atoms with van der Waals surface area (Å²) in [5.74, 6) is -0.637. The van der Waals surface area contributed by atoms with E-state index in [1.54, 1.807) is 36.1 Å². The van der Waals surface area contributed by atoms with Gasteiger partial charge in [0.2, 0.25) is 0 Å². The molecule has 0 heterocycles. The number of ether oxygens (including phenoxy) is 3. The average Bonchev–Trinajstić information content (AvgIpc) is 2.92. The molecule has 1 aliphatic carbocycles. The van der Waals surface area contributed by atoms with Crippen molar-refractivity contribution in [3.8, 4) is 5.75 Å². The Morgan fingerprint density at radius 3 is 2.32 bits per heavy atom. The smallest absolute Gasteiger partial charge is 0.333 e. The Hall–Kier alpha value is -3.17. The van der Waals surface area contributed by atoms with Crippen molar-refractivity contribution >= 4 is 12.0 Å². The van der Waals surface area contributed by atoms with Crippen molar-refractivity contribution < 1.29 is 33.3 Å². The Morgan fingerprint density at radius 2 is 1.66 bits per heavy atom. The van der Waals surface area contributed by atoms with Gasteiger partial charge in [0, 0.05) is 25.6 Å². The van der Waals surface area contributed by atoms with Crippen LogP contribution in [0, 0.1) is 5.82 Å². The van der Waals surface area contributed by atoms with Gasteiger partial charge in [-0.15, -0.1) is 0 Å². The van der Waals surface area contributed by atoms with Crippen LogP contribution in [0.4, 0.5) is 9.18 Å². The molecule has 0 aliphatic heterocycles. The SMILES string of the molecule is CCOC(Cc1ccc(OCCN(CCOCc2ccc(F)cc2)C(=O)NC2CCCCC2)cc1)C(=O)O. The fraction of sp³-hybridized carbons (Fsp3) is 0.517. The van der Waals surface area contributed by atoms with Crippen LogP contribution < -0.4 is 10.1 Å². The minimum Gasteiger partial charge on any atom is -0.492 e. The first-order chi connectivity index (χ1) is 18.4. The summed E-state index contributed by atoms with van der Waals surface area (Å²) < 4.78 is 30.0. The molecule has 1 fully saturated rings. The first kappa shape index (κ1) is 29.4. The van der Waals surface area contributed by atoms with E-state index < -0.39 is 12.1 Å². The van der Waals surface area contributed by atoms with Crippen LogP contribution in [0.2, 0.25) is 0 Å². The molecule has 38 heavy (non-hydrogen) atoms. The largest absolute Gasteiger partial charge is 0.492 e. The van der Waals surface area contributed by atoms with E-state index >= 15 is 0 Å². The molecule has 1 aliphatic rings. The summed E-state index contributed by atoms with van der Waals surface area (Å²) in [6.45, 7) is 3.86. The molecule has 9 heteroatoms. The van der Waals surface area contributed by atoms with E-state index in [-0.39, 0.29) is 24.3 Å². The molecule has 2 aromatic carbocycles. The van der Waals surface area contributed by atoms with E-state index in [2.05, 4.69) is 5.32 Å². The van der Waals surface area contributed by atoms with E-state index in [4.69, 9.17) is 14.2 Å². The normalized spacial score (nSPS) is 14.6. The van der Waals surface area contributed by atoms with Gasteiger partial charge in [-0.25, -0.2) is 14.0 Å². The third-order valence-electron chi connectivity index (χ3n) is 6.53. The highest BCUT2D eigenvalue weighted by Gasteiger charge is 2.20. The number of carboxylic acid groups (broad SMARTS) is 1. The van der Waals surface area contributed by atoms with Crippen molar-refractivity contribution in [3.05, 3.63) is 65.5 Å². The van der Waals surface area contributed by atoms with Crippen molar-refractivity contribution in [3.63, 3.8) is 0 Å². The number of urea groups is 1. The second-order valence-corrected chi connectivity index (χ2v) is 9.43. The van der Waals surface area contributed by atoms with E-state index in [0.717, 1.165) is 36.8 Å². The van der Waals surface area contributed by atoms with Crippen LogP contribution in [0.25, 0.3) is 0 Å². The topological polar surface area (TPSA) is 97.3 Å². The van der Waals surface area contributed by atoms with Crippen LogP contribution in [-0.2, 0) is 27.3 Å². The number of halogens is 1. The molecule has 0 saturated heterocycles. The van der Waals surface area contributed by atoms with Crippen LogP contribution in [-0.4, -0.2) is 67.1 Å². The van der Waals surface area contributed by atoms with Gasteiger partial charge in [-0.3, -0.25) is 0 Å². The lowest BCUT2D eigenvalue weighted by Gasteiger charge is -2.28. The fourth-order valence-electron chi connectivity index (χ4n) is 4.40. The number of hydrogen-bond donors (Lipinski definition) is 2. The van der Waals surface area contributed by atoms with Crippen LogP contribution in [0.5, 0.6) is 5.75 Å². The van der Waals surface area contributed by atoms with E-state index in [1.165, 1.54) is 18.6 Å². The van der Waals surface area contributed by atoms with Gasteiger partial charge in [-0.1, -0.05) is 43.5 Å². The Balaban J connectivity index is 1.49. The molecule has 1 saturated carbocycles. The predicted molar refractivity (Wildman–Crippen MR) is 142 cm³/mol. The van der Waals surface area contributed by atoms with Crippen molar-refractivity contribution in [2.75, 3.05) is 32.9 Å². The Morgan fingerprint density at radius 1 is 1.00 bits per heavy atom. The quantitative estimate of drug-likeness (QED) is 0.321. The number of nitrogens with zero attached hydrogens (tertiary/aromatic N) is 1. The number of aliphatic carboxylic acids is 1.